The second-order valence-corrected chi connectivity index (χ2v) is 8.11. The summed E-state index contributed by atoms with van der Waals surface area (Å²) in [5.41, 5.74) is 5.93. The number of hydrazine groups is 1. The van der Waals surface area contributed by atoms with Gasteiger partial charge >= 0.3 is 6.18 Å². The van der Waals surface area contributed by atoms with Crippen molar-refractivity contribution in [3.8, 4) is 0 Å². The number of hydrogen-bond donors (Lipinski definition) is 1. The predicted octanol–water partition coefficient (Wildman–Crippen LogP) is 3.54. The van der Waals surface area contributed by atoms with Gasteiger partial charge in [0.15, 0.2) is 0 Å². The van der Waals surface area contributed by atoms with Crippen molar-refractivity contribution >= 4 is 39.4 Å². The van der Waals surface area contributed by atoms with Crippen molar-refractivity contribution in [3.05, 3.63) is 59.5 Å². The first-order valence-corrected chi connectivity index (χ1v) is 10.6. The number of nitrogen functional groups attached to an aromatic ring is 1. The molecule has 1 aliphatic carbocycles. The van der Waals surface area contributed by atoms with Crippen molar-refractivity contribution in [2.45, 2.75) is 25.5 Å². The third-order valence-electron chi connectivity index (χ3n) is 5.77. The maximum Gasteiger partial charge on any atom is 0.417 e. The van der Waals surface area contributed by atoms with Crippen LogP contribution in [-0.4, -0.2) is 48.6 Å². The van der Waals surface area contributed by atoms with Gasteiger partial charge in [-0.25, -0.2) is 9.99 Å². The lowest BCUT2D eigenvalue weighted by Crippen LogP contribution is -2.47. The minimum Gasteiger partial charge on any atom is -0.383 e. The molecule has 186 valence electrons. The van der Waals surface area contributed by atoms with Crippen molar-refractivity contribution < 1.29 is 29.6 Å². The Bertz CT molecular complexity index is 1710. The number of rotatable bonds is 4. The van der Waals surface area contributed by atoms with Gasteiger partial charge < -0.3 is 5.73 Å². The lowest BCUT2D eigenvalue weighted by Gasteiger charge is -2.32. The molecule has 0 saturated heterocycles. The molecule has 2 N–H and O–H groups in total. The maximum atomic E-state index is 13.9. The van der Waals surface area contributed by atoms with E-state index in [1.54, 1.807) is 7.05 Å². The molecular weight excluding hydrogens is 475 g/mol. The summed E-state index contributed by atoms with van der Waals surface area (Å²) in [6, 6.07) is 6.12. The average Bonchev–Trinajstić information content (AvgIpc) is 3.17. The van der Waals surface area contributed by atoms with Crippen LogP contribution in [0.25, 0.3) is 21.8 Å². The quantitative estimate of drug-likeness (QED) is 0.428. The number of benzene rings is 1. The van der Waals surface area contributed by atoms with E-state index in [9.17, 15) is 22.8 Å². The van der Waals surface area contributed by atoms with Crippen molar-refractivity contribution in [1.29, 1.82) is 0 Å². The second kappa shape index (κ2) is 8.47. The molecule has 2 amide bonds. The Kier molecular flexibility index (Phi) is 4.26. The topological polar surface area (TPSA) is 110 Å². The van der Waals surface area contributed by atoms with Crippen LogP contribution in [0.5, 0.6) is 0 Å². The molecule has 3 heterocycles. The van der Waals surface area contributed by atoms with Gasteiger partial charge in [-0.3, -0.25) is 24.3 Å². The molecule has 1 aromatic carbocycles. The van der Waals surface area contributed by atoms with Crippen molar-refractivity contribution in [2.24, 2.45) is 12.9 Å². The summed E-state index contributed by atoms with van der Waals surface area (Å²) in [4.78, 5) is 35.3. The van der Waals surface area contributed by atoms with Crippen LogP contribution >= 0.6 is 0 Å². The number of nitrogens with two attached hydrogens (primary N) is 1. The fourth-order valence-electron chi connectivity index (χ4n) is 3.80. The van der Waals surface area contributed by atoms with Gasteiger partial charge in [0.25, 0.3) is 5.91 Å². The van der Waals surface area contributed by atoms with E-state index >= 15 is 0 Å². The van der Waals surface area contributed by atoms with E-state index in [1.165, 1.54) is 29.1 Å². The zero-order chi connectivity index (χ0) is 30.3. The lowest BCUT2D eigenvalue weighted by atomic mass is 10.1. The number of pyridine rings is 2. The molecule has 0 spiro atoms. The highest BCUT2D eigenvalue weighted by atomic mass is 19.4. The number of fused-ring (bicyclic) bond motifs is 3. The number of carbonyl (C=O) groups excluding carboxylic acids is 2. The summed E-state index contributed by atoms with van der Waals surface area (Å²) >= 11 is 0. The van der Waals surface area contributed by atoms with Crippen LogP contribution in [-0.2, 0) is 24.6 Å². The molecule has 5 rings (SSSR count). The first-order chi connectivity index (χ1) is 18.9. The lowest BCUT2D eigenvalue weighted by molar-refractivity contribution is -0.144. The molecule has 4 aromatic rings. The van der Waals surface area contributed by atoms with Gasteiger partial charge in [0.2, 0.25) is 5.91 Å². The summed E-state index contributed by atoms with van der Waals surface area (Å²) in [6.45, 7) is -0.555. The number of halogens is 3. The number of amides is 2. The maximum absolute atomic E-state index is 13.9. The fourth-order valence-corrected chi connectivity index (χ4v) is 3.80. The standard InChI is InChI=1S/C24H22F3N7O2/c1-32-20-17-9-14(5-8-19(17)31-21(28)18(20)11-30-32)23(36)34(33(2)22(35)13-3-4-13)12-16-7-6-15(10-29-16)24(25,26)27/h5-11,13H,3-4,12H2,1-2H3,(H2,28,31)/i3D2,4D2,13D. The Morgan fingerprint density at radius 1 is 1.22 bits per heavy atom. The summed E-state index contributed by atoms with van der Waals surface area (Å²) < 4.78 is 80.3. The normalized spacial score (nSPS) is 19.5. The van der Waals surface area contributed by atoms with Crippen LogP contribution in [0.2, 0.25) is 0 Å². The van der Waals surface area contributed by atoms with Gasteiger partial charge in [0.05, 0.1) is 40.4 Å². The molecule has 9 nitrogen and oxygen atoms in total. The molecule has 1 saturated carbocycles. The van der Waals surface area contributed by atoms with Gasteiger partial charge in [-0.1, -0.05) is 0 Å². The van der Waals surface area contributed by atoms with E-state index in [2.05, 4.69) is 15.1 Å². The monoisotopic (exact) mass is 502 g/mol. The number of nitrogens with zero attached hydrogens (tertiary/aromatic N) is 6. The predicted molar refractivity (Wildman–Crippen MR) is 125 cm³/mol. The van der Waals surface area contributed by atoms with E-state index < -0.39 is 48.7 Å². The Morgan fingerprint density at radius 2 is 1.97 bits per heavy atom. The Labute approximate surface area is 210 Å². The summed E-state index contributed by atoms with van der Waals surface area (Å²) in [6.07, 6.45) is -8.30. The molecular formula is C24H22F3N7O2. The minimum absolute atomic E-state index is 0.000943. The van der Waals surface area contributed by atoms with Gasteiger partial charge in [-0.15, -0.1) is 0 Å². The third kappa shape index (κ3) is 4.18. The first-order valence-electron chi connectivity index (χ1n) is 13.1. The molecule has 36 heavy (non-hydrogen) atoms. The van der Waals surface area contributed by atoms with E-state index in [4.69, 9.17) is 12.6 Å². The molecule has 1 aliphatic rings. The number of carbonyl (C=O) groups is 2. The molecule has 1 fully saturated rings. The number of aryl methyl sites for hydroxylation is 1. The Morgan fingerprint density at radius 3 is 2.61 bits per heavy atom. The highest BCUT2D eigenvalue weighted by molar-refractivity contribution is 6.10. The van der Waals surface area contributed by atoms with Crippen LogP contribution in [0, 0.1) is 5.89 Å². The van der Waals surface area contributed by atoms with Gasteiger partial charge in [0, 0.05) is 44.0 Å². The van der Waals surface area contributed by atoms with Crippen molar-refractivity contribution in [1.82, 2.24) is 29.8 Å². The Balaban J connectivity index is 1.58. The minimum atomic E-state index is -4.66. The first kappa shape index (κ1) is 18.1. The van der Waals surface area contributed by atoms with Gasteiger partial charge in [0.1, 0.15) is 5.82 Å². The average molecular weight is 503 g/mol. The zero-order valence-corrected chi connectivity index (χ0v) is 19.0. The molecule has 12 heteroatoms. The summed E-state index contributed by atoms with van der Waals surface area (Å²) in [5, 5.41) is 6.55. The highest BCUT2D eigenvalue weighted by Gasteiger charge is 2.36. The molecule has 0 radical (unpaired) electrons. The van der Waals surface area contributed by atoms with E-state index in [0.717, 1.165) is 24.2 Å². The van der Waals surface area contributed by atoms with Crippen LogP contribution < -0.4 is 5.73 Å². The van der Waals surface area contributed by atoms with Crippen molar-refractivity contribution in [3.63, 3.8) is 0 Å². The molecule has 0 unspecified atom stereocenters. The van der Waals surface area contributed by atoms with Crippen LogP contribution in [0.15, 0.2) is 42.7 Å². The third-order valence-corrected chi connectivity index (χ3v) is 5.77. The number of aromatic nitrogens is 4. The fraction of sp³-hybridized carbons (Fsp3) is 0.292. The largest absolute Gasteiger partial charge is 0.417 e. The second-order valence-electron chi connectivity index (χ2n) is 8.11. The Hall–Kier alpha value is -4.22. The van der Waals surface area contributed by atoms with E-state index in [1.807, 2.05) is 0 Å². The smallest absolute Gasteiger partial charge is 0.383 e. The van der Waals surface area contributed by atoms with E-state index in [0.29, 0.717) is 33.0 Å². The number of anilines is 1. The summed E-state index contributed by atoms with van der Waals surface area (Å²) in [7, 11) is 2.71. The molecule has 0 atom stereocenters. The molecule has 0 aliphatic heterocycles. The van der Waals surface area contributed by atoms with Crippen LogP contribution in [0.3, 0.4) is 0 Å². The van der Waals surface area contributed by atoms with Crippen LogP contribution in [0.1, 0.15) is 41.2 Å². The number of hydrogen-bond acceptors (Lipinski definition) is 6. The SMILES string of the molecule is [2H]C1([2H])C([2H])([2H])C1([2H])C(=O)N(C)N(Cc1ccc(C(F)(F)F)cn1)C(=O)c1ccc2nc(N)c3cnn(C)c3c2c1. The zero-order valence-electron chi connectivity index (χ0n) is 24.0. The van der Waals surface area contributed by atoms with Crippen LogP contribution in [0.4, 0.5) is 19.0 Å². The van der Waals surface area contributed by atoms with E-state index in [-0.39, 0.29) is 17.1 Å². The van der Waals surface area contributed by atoms with Crippen molar-refractivity contribution in [2.75, 3.05) is 12.8 Å². The molecule has 0 bridgehead atoms. The number of alkyl halides is 3. The summed E-state index contributed by atoms with van der Waals surface area (Å²) in [5.74, 6) is -4.88. The highest BCUT2D eigenvalue weighted by Crippen LogP contribution is 2.33. The van der Waals surface area contributed by atoms with Gasteiger partial charge in [-0.05, 0) is 43.1 Å². The van der Waals surface area contributed by atoms with Gasteiger partial charge in [-0.2, -0.15) is 18.3 Å². The molecule has 3 aromatic heterocycles.